The standard InChI is InChI=1S/C14H15FN4O2/c1-8-6-10(9-2-4-11(15)5-3-9)7-19(8)13(20)12-16-14(21)18-17-12/h2-5,8,10H,6-7H2,1H3,(H2,16,17,18,21)/t8-,10-/m1/s1. The fourth-order valence-corrected chi connectivity index (χ4v) is 2.80. The second kappa shape index (κ2) is 5.16. The Bertz CT molecular complexity index is 706. The molecule has 21 heavy (non-hydrogen) atoms. The Hall–Kier alpha value is -2.44. The average molecular weight is 290 g/mol. The molecular weight excluding hydrogens is 275 g/mol. The summed E-state index contributed by atoms with van der Waals surface area (Å²) in [6, 6.07) is 6.38. The van der Waals surface area contributed by atoms with E-state index < -0.39 is 5.69 Å². The first-order valence-electron chi connectivity index (χ1n) is 6.75. The number of H-pyrrole nitrogens is 2. The normalized spacial score (nSPS) is 21.7. The average Bonchev–Trinajstić information content (AvgIpc) is 3.05. The van der Waals surface area contributed by atoms with Crippen molar-refractivity contribution in [2.75, 3.05) is 6.54 Å². The van der Waals surface area contributed by atoms with Crippen LogP contribution in [0.1, 0.15) is 35.4 Å². The van der Waals surface area contributed by atoms with Crippen LogP contribution in [0.3, 0.4) is 0 Å². The molecular formula is C14H15FN4O2. The molecule has 1 amide bonds. The molecule has 6 nitrogen and oxygen atoms in total. The summed E-state index contributed by atoms with van der Waals surface area (Å²) in [4.78, 5) is 27.4. The van der Waals surface area contributed by atoms with Gasteiger partial charge in [-0.15, -0.1) is 5.10 Å². The van der Waals surface area contributed by atoms with Gasteiger partial charge in [0.05, 0.1) is 0 Å². The van der Waals surface area contributed by atoms with Gasteiger partial charge in [-0.1, -0.05) is 12.1 Å². The molecule has 2 heterocycles. The number of carbonyl (C=O) groups excluding carboxylic acids is 1. The third-order valence-electron chi connectivity index (χ3n) is 3.88. The van der Waals surface area contributed by atoms with Crippen LogP contribution in [0.25, 0.3) is 0 Å². The first-order valence-corrected chi connectivity index (χ1v) is 6.75. The van der Waals surface area contributed by atoms with Crippen molar-refractivity contribution < 1.29 is 9.18 Å². The molecule has 0 spiro atoms. The van der Waals surface area contributed by atoms with Crippen LogP contribution >= 0.6 is 0 Å². The van der Waals surface area contributed by atoms with Crippen molar-refractivity contribution in [3.05, 3.63) is 52.0 Å². The van der Waals surface area contributed by atoms with Gasteiger partial charge in [0.1, 0.15) is 5.82 Å². The van der Waals surface area contributed by atoms with Crippen LogP contribution in [0.4, 0.5) is 4.39 Å². The number of benzene rings is 1. The molecule has 2 N–H and O–H groups in total. The number of aromatic nitrogens is 3. The van der Waals surface area contributed by atoms with Gasteiger partial charge in [0.2, 0.25) is 5.82 Å². The summed E-state index contributed by atoms with van der Waals surface area (Å²) in [5.41, 5.74) is 0.509. The lowest BCUT2D eigenvalue weighted by Crippen LogP contribution is -2.34. The van der Waals surface area contributed by atoms with E-state index in [0.29, 0.717) is 6.54 Å². The van der Waals surface area contributed by atoms with Crippen LogP contribution in [0.15, 0.2) is 29.1 Å². The lowest BCUT2D eigenvalue weighted by molar-refractivity contribution is 0.0734. The van der Waals surface area contributed by atoms with E-state index >= 15 is 0 Å². The second-order valence-electron chi connectivity index (χ2n) is 5.32. The summed E-state index contributed by atoms with van der Waals surface area (Å²) >= 11 is 0. The maximum absolute atomic E-state index is 13.0. The zero-order chi connectivity index (χ0) is 15.0. The van der Waals surface area contributed by atoms with Crippen molar-refractivity contribution in [3.63, 3.8) is 0 Å². The highest BCUT2D eigenvalue weighted by molar-refractivity contribution is 5.90. The van der Waals surface area contributed by atoms with Gasteiger partial charge in [0, 0.05) is 18.5 Å². The number of rotatable bonds is 2. The van der Waals surface area contributed by atoms with Gasteiger partial charge in [-0.25, -0.2) is 14.3 Å². The molecule has 2 aromatic rings. The molecule has 0 aliphatic carbocycles. The van der Waals surface area contributed by atoms with Crippen molar-refractivity contribution in [2.45, 2.75) is 25.3 Å². The molecule has 1 aromatic carbocycles. The van der Waals surface area contributed by atoms with Crippen LogP contribution in [0, 0.1) is 5.82 Å². The SMILES string of the molecule is C[C@@H]1C[C@@H](c2ccc(F)cc2)CN1C(=O)c1n[nH]c(=O)[nH]1. The lowest BCUT2D eigenvalue weighted by Gasteiger charge is -2.19. The maximum Gasteiger partial charge on any atom is 0.341 e. The molecule has 0 unspecified atom stereocenters. The number of hydrogen-bond acceptors (Lipinski definition) is 3. The monoisotopic (exact) mass is 290 g/mol. The Balaban J connectivity index is 1.78. The van der Waals surface area contributed by atoms with E-state index in [1.165, 1.54) is 12.1 Å². The van der Waals surface area contributed by atoms with Crippen molar-refractivity contribution in [3.8, 4) is 0 Å². The molecule has 0 bridgehead atoms. The minimum Gasteiger partial charge on any atom is -0.333 e. The van der Waals surface area contributed by atoms with E-state index in [1.807, 2.05) is 6.92 Å². The van der Waals surface area contributed by atoms with E-state index in [0.717, 1.165) is 12.0 Å². The molecule has 1 aliphatic heterocycles. The van der Waals surface area contributed by atoms with Gasteiger partial charge in [0.25, 0.3) is 5.91 Å². The molecule has 3 rings (SSSR count). The quantitative estimate of drug-likeness (QED) is 0.873. The molecule has 1 saturated heterocycles. The summed E-state index contributed by atoms with van der Waals surface area (Å²) in [7, 11) is 0. The Morgan fingerprint density at radius 3 is 2.71 bits per heavy atom. The number of nitrogens with zero attached hydrogens (tertiary/aromatic N) is 2. The number of likely N-dealkylation sites (tertiary alicyclic amines) is 1. The van der Waals surface area contributed by atoms with E-state index in [1.54, 1.807) is 17.0 Å². The van der Waals surface area contributed by atoms with Crippen LogP contribution in [-0.4, -0.2) is 38.6 Å². The van der Waals surface area contributed by atoms with Crippen LogP contribution < -0.4 is 5.69 Å². The fraction of sp³-hybridized carbons (Fsp3) is 0.357. The van der Waals surface area contributed by atoms with Crippen LogP contribution in [0.2, 0.25) is 0 Å². The smallest absolute Gasteiger partial charge is 0.333 e. The second-order valence-corrected chi connectivity index (χ2v) is 5.32. The predicted molar refractivity (Wildman–Crippen MR) is 73.5 cm³/mol. The Labute approximate surface area is 120 Å². The highest BCUT2D eigenvalue weighted by Gasteiger charge is 2.34. The molecule has 110 valence electrons. The number of carbonyl (C=O) groups is 1. The zero-order valence-electron chi connectivity index (χ0n) is 11.5. The zero-order valence-corrected chi connectivity index (χ0v) is 11.5. The number of halogens is 1. The Kier molecular flexibility index (Phi) is 3.32. The molecule has 0 radical (unpaired) electrons. The largest absolute Gasteiger partial charge is 0.341 e. The Morgan fingerprint density at radius 2 is 2.10 bits per heavy atom. The van der Waals surface area contributed by atoms with Crippen molar-refractivity contribution >= 4 is 5.91 Å². The van der Waals surface area contributed by atoms with E-state index in [9.17, 15) is 14.0 Å². The van der Waals surface area contributed by atoms with Gasteiger partial charge in [0.15, 0.2) is 0 Å². The molecule has 1 aliphatic rings. The predicted octanol–water partition coefficient (Wildman–Crippen LogP) is 1.26. The third kappa shape index (κ3) is 2.58. The third-order valence-corrected chi connectivity index (χ3v) is 3.88. The van der Waals surface area contributed by atoms with Gasteiger partial charge in [-0.2, -0.15) is 0 Å². The van der Waals surface area contributed by atoms with E-state index in [4.69, 9.17) is 0 Å². The van der Waals surface area contributed by atoms with Crippen molar-refractivity contribution in [1.82, 2.24) is 20.1 Å². The van der Waals surface area contributed by atoms with Crippen LogP contribution in [-0.2, 0) is 0 Å². The minimum atomic E-state index is -0.500. The number of nitrogens with one attached hydrogen (secondary N) is 2. The van der Waals surface area contributed by atoms with E-state index in [-0.39, 0.29) is 29.5 Å². The molecule has 0 saturated carbocycles. The van der Waals surface area contributed by atoms with Gasteiger partial charge >= 0.3 is 5.69 Å². The highest BCUT2D eigenvalue weighted by Crippen LogP contribution is 2.32. The van der Waals surface area contributed by atoms with Gasteiger partial charge in [-0.3, -0.25) is 9.78 Å². The molecule has 2 atom stereocenters. The summed E-state index contributed by atoms with van der Waals surface area (Å²) in [5, 5.41) is 5.86. The molecule has 1 aromatic heterocycles. The highest BCUT2D eigenvalue weighted by atomic mass is 19.1. The van der Waals surface area contributed by atoms with E-state index in [2.05, 4.69) is 15.2 Å². The summed E-state index contributed by atoms with van der Waals surface area (Å²) in [6.07, 6.45) is 0.798. The van der Waals surface area contributed by atoms with Crippen molar-refractivity contribution in [2.24, 2.45) is 0 Å². The Morgan fingerprint density at radius 1 is 1.38 bits per heavy atom. The lowest BCUT2D eigenvalue weighted by atomic mass is 9.97. The topological polar surface area (TPSA) is 81.8 Å². The first-order chi connectivity index (χ1) is 10.0. The fourth-order valence-electron chi connectivity index (χ4n) is 2.80. The molecule has 7 heteroatoms. The summed E-state index contributed by atoms with van der Waals surface area (Å²) in [6.45, 7) is 2.48. The summed E-state index contributed by atoms with van der Waals surface area (Å²) in [5.74, 6) is -0.390. The minimum absolute atomic E-state index is 0.0200. The maximum atomic E-state index is 13.0. The first kappa shape index (κ1) is 13.5. The van der Waals surface area contributed by atoms with Crippen molar-refractivity contribution in [1.29, 1.82) is 0 Å². The number of hydrogen-bond donors (Lipinski definition) is 2. The van der Waals surface area contributed by atoms with Crippen LogP contribution in [0.5, 0.6) is 0 Å². The van der Waals surface area contributed by atoms with Gasteiger partial charge in [-0.05, 0) is 31.0 Å². The number of aromatic amines is 2. The summed E-state index contributed by atoms with van der Waals surface area (Å²) < 4.78 is 13.0. The number of amides is 1. The van der Waals surface area contributed by atoms with Gasteiger partial charge < -0.3 is 4.90 Å². The molecule has 1 fully saturated rings.